The lowest BCUT2D eigenvalue weighted by Crippen LogP contribution is -2.32. The molecule has 0 radical (unpaired) electrons. The molecule has 0 bridgehead atoms. The Hall–Kier alpha value is -1.86. The van der Waals surface area contributed by atoms with E-state index in [2.05, 4.69) is 44.9 Å². The number of sulfone groups is 1. The summed E-state index contributed by atoms with van der Waals surface area (Å²) in [6, 6.07) is 6.78. The van der Waals surface area contributed by atoms with E-state index in [0.717, 1.165) is 44.7 Å². The van der Waals surface area contributed by atoms with Crippen molar-refractivity contribution in [1.82, 2.24) is 14.9 Å². The molecule has 1 atom stereocenters. The largest absolute Gasteiger partial charge is 0.371 e. The maximum absolute atomic E-state index is 11.6. The van der Waals surface area contributed by atoms with Crippen LogP contribution in [0.3, 0.4) is 0 Å². The van der Waals surface area contributed by atoms with Gasteiger partial charge in [-0.15, -0.1) is 0 Å². The first-order chi connectivity index (χ1) is 12.6. The van der Waals surface area contributed by atoms with Crippen LogP contribution in [0.1, 0.15) is 18.9 Å². The van der Waals surface area contributed by atoms with Crippen molar-refractivity contribution in [2.75, 3.05) is 36.0 Å². The number of benzene rings is 1. The Morgan fingerprint density at radius 3 is 3.00 bits per heavy atom. The molecule has 0 unspecified atom stereocenters. The van der Waals surface area contributed by atoms with Crippen molar-refractivity contribution in [1.29, 1.82) is 0 Å². The van der Waals surface area contributed by atoms with Crippen molar-refractivity contribution in [3.05, 3.63) is 36.3 Å². The van der Waals surface area contributed by atoms with E-state index in [1.165, 1.54) is 16.8 Å². The van der Waals surface area contributed by atoms with Gasteiger partial charge in [0.05, 0.1) is 29.7 Å². The number of hydrogen-bond donors (Lipinski definition) is 1. The SMILES string of the molecule is CCN1CCc2cc(-c3cncn3CCN[C@H]3CCS(=O)(=O)C3)ccc21. The van der Waals surface area contributed by atoms with Crippen LogP contribution in [-0.2, 0) is 22.8 Å². The minimum absolute atomic E-state index is 0.0898. The van der Waals surface area contributed by atoms with Crippen LogP contribution in [0.25, 0.3) is 11.3 Å². The number of nitrogens with one attached hydrogen (secondary N) is 1. The molecule has 6 nitrogen and oxygen atoms in total. The first-order valence-electron chi connectivity index (χ1n) is 9.38. The Morgan fingerprint density at radius 2 is 2.23 bits per heavy atom. The fourth-order valence-electron chi connectivity index (χ4n) is 4.04. The average molecular weight is 375 g/mol. The fraction of sp³-hybridized carbons (Fsp3) is 0.526. The number of nitrogens with zero attached hydrogens (tertiary/aromatic N) is 3. The zero-order valence-corrected chi connectivity index (χ0v) is 16.0. The predicted molar refractivity (Wildman–Crippen MR) is 104 cm³/mol. The summed E-state index contributed by atoms with van der Waals surface area (Å²) in [6.07, 6.45) is 5.59. The molecule has 4 rings (SSSR count). The summed E-state index contributed by atoms with van der Waals surface area (Å²) in [6.45, 7) is 5.87. The molecule has 1 saturated heterocycles. The second-order valence-electron chi connectivity index (χ2n) is 7.20. The lowest BCUT2D eigenvalue weighted by atomic mass is 10.1. The Balaban J connectivity index is 1.43. The molecule has 0 spiro atoms. The van der Waals surface area contributed by atoms with E-state index in [4.69, 9.17) is 0 Å². The van der Waals surface area contributed by atoms with Crippen LogP contribution in [0.4, 0.5) is 5.69 Å². The van der Waals surface area contributed by atoms with Gasteiger partial charge in [-0.05, 0) is 37.5 Å². The van der Waals surface area contributed by atoms with Crippen molar-refractivity contribution >= 4 is 15.5 Å². The Bertz CT molecular complexity index is 891. The zero-order valence-electron chi connectivity index (χ0n) is 15.2. The molecular formula is C19H26N4O2S. The smallest absolute Gasteiger partial charge is 0.151 e. The van der Waals surface area contributed by atoms with E-state index in [0.29, 0.717) is 5.75 Å². The fourth-order valence-corrected chi connectivity index (χ4v) is 5.75. The van der Waals surface area contributed by atoms with Crippen molar-refractivity contribution in [2.45, 2.75) is 32.4 Å². The maximum atomic E-state index is 11.6. The Morgan fingerprint density at radius 1 is 1.35 bits per heavy atom. The number of imidazole rings is 1. The number of hydrogen-bond acceptors (Lipinski definition) is 5. The molecule has 1 N–H and O–H groups in total. The highest BCUT2D eigenvalue weighted by Crippen LogP contribution is 2.32. The van der Waals surface area contributed by atoms with E-state index >= 15 is 0 Å². The second-order valence-corrected chi connectivity index (χ2v) is 9.43. The molecule has 2 aliphatic heterocycles. The van der Waals surface area contributed by atoms with Gasteiger partial charge < -0.3 is 14.8 Å². The van der Waals surface area contributed by atoms with E-state index in [-0.39, 0.29) is 11.8 Å². The summed E-state index contributed by atoms with van der Waals surface area (Å²) in [4.78, 5) is 6.74. The number of rotatable bonds is 6. The molecule has 1 aromatic carbocycles. The quantitative estimate of drug-likeness (QED) is 0.834. The third kappa shape index (κ3) is 3.50. The minimum Gasteiger partial charge on any atom is -0.371 e. The topological polar surface area (TPSA) is 67.2 Å². The predicted octanol–water partition coefficient (Wildman–Crippen LogP) is 1.71. The number of likely N-dealkylation sites (N-methyl/N-ethyl adjacent to an activating group) is 1. The summed E-state index contributed by atoms with van der Waals surface area (Å²) >= 11 is 0. The zero-order chi connectivity index (χ0) is 18.1. The lowest BCUT2D eigenvalue weighted by molar-refractivity contribution is 0.521. The van der Waals surface area contributed by atoms with Crippen molar-refractivity contribution in [3.8, 4) is 11.3 Å². The van der Waals surface area contributed by atoms with Crippen LogP contribution < -0.4 is 10.2 Å². The van der Waals surface area contributed by atoms with Crippen LogP contribution in [-0.4, -0.2) is 55.2 Å². The summed E-state index contributed by atoms with van der Waals surface area (Å²) in [7, 11) is -2.83. The summed E-state index contributed by atoms with van der Waals surface area (Å²) in [5.74, 6) is 0.577. The van der Waals surface area contributed by atoms with Crippen molar-refractivity contribution < 1.29 is 8.42 Å². The van der Waals surface area contributed by atoms with Crippen LogP contribution in [0, 0.1) is 0 Å². The molecule has 26 heavy (non-hydrogen) atoms. The van der Waals surface area contributed by atoms with Crippen molar-refractivity contribution in [2.24, 2.45) is 0 Å². The van der Waals surface area contributed by atoms with E-state index in [1.807, 2.05) is 12.5 Å². The summed E-state index contributed by atoms with van der Waals surface area (Å²) in [5, 5.41) is 3.37. The molecule has 2 aromatic rings. The molecule has 1 fully saturated rings. The number of aromatic nitrogens is 2. The Labute approximate surface area is 155 Å². The summed E-state index contributed by atoms with van der Waals surface area (Å²) < 4.78 is 25.2. The van der Waals surface area contributed by atoms with E-state index in [9.17, 15) is 8.42 Å². The van der Waals surface area contributed by atoms with Crippen molar-refractivity contribution in [3.63, 3.8) is 0 Å². The van der Waals surface area contributed by atoms with Crippen LogP contribution in [0.15, 0.2) is 30.7 Å². The first kappa shape index (κ1) is 17.5. The monoisotopic (exact) mass is 374 g/mol. The van der Waals surface area contributed by atoms with Gasteiger partial charge in [-0.25, -0.2) is 13.4 Å². The molecule has 2 aliphatic rings. The molecule has 1 aromatic heterocycles. The van der Waals surface area contributed by atoms with Gasteiger partial charge in [0.2, 0.25) is 0 Å². The van der Waals surface area contributed by atoms with Gasteiger partial charge in [-0.3, -0.25) is 0 Å². The van der Waals surface area contributed by atoms with Gasteiger partial charge in [0.1, 0.15) is 0 Å². The third-order valence-corrected chi connectivity index (χ3v) is 7.25. The molecule has 140 valence electrons. The third-order valence-electron chi connectivity index (χ3n) is 5.48. The molecule has 0 saturated carbocycles. The molecule has 0 amide bonds. The van der Waals surface area contributed by atoms with Gasteiger partial charge in [0.25, 0.3) is 0 Å². The van der Waals surface area contributed by atoms with Gasteiger partial charge in [0, 0.05) is 43.5 Å². The van der Waals surface area contributed by atoms with E-state index in [1.54, 1.807) is 0 Å². The van der Waals surface area contributed by atoms with E-state index < -0.39 is 9.84 Å². The van der Waals surface area contributed by atoms with Gasteiger partial charge in [-0.1, -0.05) is 6.07 Å². The Kier molecular flexibility index (Phi) is 4.75. The number of fused-ring (bicyclic) bond motifs is 1. The van der Waals surface area contributed by atoms with Crippen LogP contribution >= 0.6 is 0 Å². The number of anilines is 1. The molecule has 0 aliphatic carbocycles. The first-order valence-corrected chi connectivity index (χ1v) is 11.2. The minimum atomic E-state index is -2.83. The molecule has 7 heteroatoms. The highest BCUT2D eigenvalue weighted by atomic mass is 32.2. The normalized spacial score (nSPS) is 21.3. The lowest BCUT2D eigenvalue weighted by Gasteiger charge is -2.17. The molecule has 3 heterocycles. The average Bonchev–Trinajstić information content (AvgIpc) is 3.32. The standard InChI is InChI=1S/C19H26N4O2S/c1-2-22-8-5-16-11-15(3-4-18(16)22)19-12-20-14-23(19)9-7-21-17-6-10-26(24,25)13-17/h3-4,11-12,14,17,21H,2,5-10,13H2,1H3/t17-/m0/s1. The van der Waals surface area contributed by atoms with Gasteiger partial charge >= 0.3 is 0 Å². The van der Waals surface area contributed by atoms with Crippen LogP contribution in [0.5, 0.6) is 0 Å². The molecular weight excluding hydrogens is 348 g/mol. The van der Waals surface area contributed by atoms with Gasteiger partial charge in [-0.2, -0.15) is 0 Å². The maximum Gasteiger partial charge on any atom is 0.151 e. The van der Waals surface area contributed by atoms with Crippen LogP contribution in [0.2, 0.25) is 0 Å². The summed E-state index contributed by atoms with van der Waals surface area (Å²) in [5.41, 5.74) is 5.07. The second kappa shape index (κ2) is 7.04. The highest BCUT2D eigenvalue weighted by molar-refractivity contribution is 7.91. The van der Waals surface area contributed by atoms with Gasteiger partial charge in [0.15, 0.2) is 9.84 Å². The highest BCUT2D eigenvalue weighted by Gasteiger charge is 2.27.